The summed E-state index contributed by atoms with van der Waals surface area (Å²) in [5.74, 6) is -1.63. The maximum Gasteiger partial charge on any atom is 0.573 e. The highest BCUT2D eigenvalue weighted by Gasteiger charge is 2.31. The van der Waals surface area contributed by atoms with Crippen LogP contribution >= 0.6 is 0 Å². The molecule has 0 radical (unpaired) electrons. The molecule has 1 aromatic heterocycles. The van der Waals surface area contributed by atoms with Gasteiger partial charge in [-0.25, -0.2) is 0 Å². The highest BCUT2D eigenvalue weighted by Crippen LogP contribution is 2.25. The average Bonchev–Trinajstić information content (AvgIpc) is 3.25. The number of nitrogens with one attached hydrogen (secondary N) is 2. The van der Waals surface area contributed by atoms with Crippen molar-refractivity contribution in [1.82, 2.24) is 14.8 Å². The largest absolute Gasteiger partial charge is 0.573 e. The first-order valence-corrected chi connectivity index (χ1v) is 10.9. The topological polar surface area (TPSA) is 124 Å². The Balaban J connectivity index is 1.65. The number of alkyl halides is 3. The Labute approximate surface area is 209 Å². The molecule has 0 unspecified atom stereocenters. The molecule has 1 heterocycles. The first-order chi connectivity index (χ1) is 17.6. The summed E-state index contributed by atoms with van der Waals surface area (Å²) in [6.45, 7) is 2.08. The second kappa shape index (κ2) is 10.5. The molecule has 0 saturated carbocycles. The van der Waals surface area contributed by atoms with Crippen molar-refractivity contribution in [2.24, 2.45) is 5.73 Å². The number of nitrogens with zero attached hydrogens (tertiary/aromatic N) is 3. The lowest BCUT2D eigenvalue weighted by atomic mass is 10.1. The van der Waals surface area contributed by atoms with Crippen LogP contribution in [0.25, 0.3) is 5.69 Å². The lowest BCUT2D eigenvalue weighted by molar-refractivity contribution is -0.274. The molecule has 9 nitrogen and oxygen atoms in total. The Morgan fingerprint density at radius 3 is 2.24 bits per heavy atom. The van der Waals surface area contributed by atoms with E-state index in [1.165, 1.54) is 16.8 Å². The third kappa shape index (κ3) is 6.30. The summed E-state index contributed by atoms with van der Waals surface area (Å²) in [7, 11) is 0. The zero-order valence-corrected chi connectivity index (χ0v) is 19.4. The fourth-order valence-corrected chi connectivity index (χ4v) is 3.38. The van der Waals surface area contributed by atoms with Crippen LogP contribution in [0.15, 0.2) is 72.8 Å². The van der Waals surface area contributed by atoms with Gasteiger partial charge in [-0.1, -0.05) is 30.3 Å². The van der Waals surface area contributed by atoms with Gasteiger partial charge in [-0.05, 0) is 60.5 Å². The van der Waals surface area contributed by atoms with Gasteiger partial charge in [-0.3, -0.25) is 20.2 Å². The predicted octanol–water partition coefficient (Wildman–Crippen LogP) is 4.44. The Bertz CT molecular complexity index is 1420. The fourth-order valence-electron chi connectivity index (χ4n) is 3.38. The van der Waals surface area contributed by atoms with Crippen LogP contribution in [0, 0.1) is 6.92 Å². The first-order valence-electron chi connectivity index (χ1n) is 10.9. The molecule has 190 valence electrons. The summed E-state index contributed by atoms with van der Waals surface area (Å²) in [5, 5.41) is 9.43. The minimum absolute atomic E-state index is 0.0718. The molecule has 0 spiro atoms. The molecule has 4 aromatic rings. The van der Waals surface area contributed by atoms with Crippen molar-refractivity contribution in [3.63, 3.8) is 0 Å². The molecular formula is C25H21F3N6O3. The quantitative estimate of drug-likeness (QED) is 0.338. The number of nitrogens with two attached hydrogens (primary N) is 1. The smallest absolute Gasteiger partial charge is 0.406 e. The standard InChI is InChI=1S/C25H21F3N6O3/c1-15-4-2-3-5-20(15)22(36)30-23-32-24(31-21(35)17-8-6-16(14-29)7-9-17)34(33-23)18-10-12-19(13-11-18)37-25(26,27)28/h2-13H,14,29H2,1H3,(H2,30,31,32,33,35,36). The monoisotopic (exact) mass is 510 g/mol. The summed E-state index contributed by atoms with van der Waals surface area (Å²) >= 11 is 0. The van der Waals surface area contributed by atoms with Gasteiger partial charge in [0, 0.05) is 17.7 Å². The van der Waals surface area contributed by atoms with Crippen LogP contribution in [0.4, 0.5) is 25.1 Å². The van der Waals surface area contributed by atoms with E-state index in [9.17, 15) is 22.8 Å². The van der Waals surface area contributed by atoms with E-state index in [2.05, 4.69) is 25.5 Å². The molecule has 0 saturated heterocycles. The molecule has 0 aliphatic rings. The number of amides is 2. The molecule has 0 fully saturated rings. The molecule has 37 heavy (non-hydrogen) atoms. The Hall–Kier alpha value is -4.71. The van der Waals surface area contributed by atoms with Crippen LogP contribution in [0.3, 0.4) is 0 Å². The van der Waals surface area contributed by atoms with E-state index in [1.54, 1.807) is 55.5 Å². The Kier molecular flexibility index (Phi) is 7.20. The molecule has 4 rings (SSSR count). The summed E-state index contributed by atoms with van der Waals surface area (Å²) in [6, 6.07) is 18.3. The van der Waals surface area contributed by atoms with Gasteiger partial charge in [0.05, 0.1) is 5.69 Å². The third-order valence-electron chi connectivity index (χ3n) is 5.21. The summed E-state index contributed by atoms with van der Waals surface area (Å²) in [4.78, 5) is 29.8. The molecule has 4 N–H and O–H groups in total. The van der Waals surface area contributed by atoms with E-state index >= 15 is 0 Å². The molecule has 0 aliphatic carbocycles. The number of hydrogen-bond donors (Lipinski definition) is 3. The lowest BCUT2D eigenvalue weighted by Crippen LogP contribution is -2.17. The van der Waals surface area contributed by atoms with Gasteiger partial charge < -0.3 is 10.5 Å². The second-order valence-corrected chi connectivity index (χ2v) is 7.84. The van der Waals surface area contributed by atoms with E-state index in [-0.39, 0.29) is 17.6 Å². The van der Waals surface area contributed by atoms with Crippen molar-refractivity contribution in [3.8, 4) is 11.4 Å². The maximum atomic E-state index is 12.8. The molecular weight excluding hydrogens is 489 g/mol. The van der Waals surface area contributed by atoms with Gasteiger partial charge in [0.25, 0.3) is 17.8 Å². The van der Waals surface area contributed by atoms with Crippen LogP contribution in [0.1, 0.15) is 31.8 Å². The number of benzene rings is 3. The molecule has 2 amide bonds. The fraction of sp³-hybridized carbons (Fsp3) is 0.120. The first kappa shape index (κ1) is 25.4. The minimum atomic E-state index is -4.85. The number of ether oxygens (including phenoxy) is 1. The third-order valence-corrected chi connectivity index (χ3v) is 5.21. The van der Waals surface area contributed by atoms with Crippen LogP contribution in [0.2, 0.25) is 0 Å². The zero-order valence-electron chi connectivity index (χ0n) is 19.4. The number of aromatic nitrogens is 3. The number of carbonyl (C=O) groups is 2. The molecule has 0 aliphatic heterocycles. The van der Waals surface area contributed by atoms with Crippen molar-refractivity contribution >= 4 is 23.7 Å². The van der Waals surface area contributed by atoms with Crippen LogP contribution in [-0.4, -0.2) is 32.9 Å². The number of anilines is 2. The number of carbonyl (C=O) groups excluding carboxylic acids is 2. The number of halogens is 3. The summed E-state index contributed by atoms with van der Waals surface area (Å²) < 4.78 is 42.7. The lowest BCUT2D eigenvalue weighted by Gasteiger charge is -2.10. The average molecular weight is 510 g/mol. The van der Waals surface area contributed by atoms with Crippen LogP contribution in [0.5, 0.6) is 5.75 Å². The number of rotatable bonds is 7. The summed E-state index contributed by atoms with van der Waals surface area (Å²) in [6.07, 6.45) is -4.85. The summed E-state index contributed by atoms with van der Waals surface area (Å²) in [5.41, 5.74) is 8.13. The zero-order chi connectivity index (χ0) is 26.6. The Morgan fingerprint density at radius 1 is 0.946 bits per heavy atom. The molecule has 12 heteroatoms. The van der Waals surface area contributed by atoms with E-state index in [4.69, 9.17) is 5.73 Å². The predicted molar refractivity (Wildman–Crippen MR) is 129 cm³/mol. The highest BCUT2D eigenvalue weighted by molar-refractivity contribution is 6.05. The normalized spacial score (nSPS) is 11.2. The number of hydrogen-bond acceptors (Lipinski definition) is 6. The van der Waals surface area contributed by atoms with Gasteiger partial charge in [0.1, 0.15) is 5.75 Å². The molecule has 3 aromatic carbocycles. The van der Waals surface area contributed by atoms with E-state index < -0.39 is 23.9 Å². The second-order valence-electron chi connectivity index (χ2n) is 7.84. The van der Waals surface area contributed by atoms with E-state index in [0.29, 0.717) is 17.7 Å². The maximum absolute atomic E-state index is 12.8. The SMILES string of the molecule is Cc1ccccc1C(=O)Nc1nc(NC(=O)c2ccc(CN)cc2)n(-c2ccc(OC(F)(F)F)cc2)n1. The molecule has 0 atom stereocenters. The highest BCUT2D eigenvalue weighted by atomic mass is 19.4. The minimum Gasteiger partial charge on any atom is -0.406 e. The van der Waals surface area contributed by atoms with Crippen molar-refractivity contribution in [1.29, 1.82) is 0 Å². The van der Waals surface area contributed by atoms with E-state index in [0.717, 1.165) is 23.3 Å². The van der Waals surface area contributed by atoms with Crippen molar-refractivity contribution in [3.05, 3.63) is 95.1 Å². The van der Waals surface area contributed by atoms with Crippen LogP contribution in [-0.2, 0) is 6.54 Å². The number of aryl methyl sites for hydroxylation is 1. The van der Waals surface area contributed by atoms with Gasteiger partial charge >= 0.3 is 6.36 Å². The van der Waals surface area contributed by atoms with Crippen LogP contribution < -0.4 is 21.1 Å². The van der Waals surface area contributed by atoms with Gasteiger partial charge in [0.2, 0.25) is 5.95 Å². The van der Waals surface area contributed by atoms with E-state index in [1.807, 2.05) is 0 Å². The van der Waals surface area contributed by atoms with Gasteiger partial charge in [-0.2, -0.15) is 9.67 Å². The molecule has 0 bridgehead atoms. The Morgan fingerprint density at radius 2 is 1.62 bits per heavy atom. The van der Waals surface area contributed by atoms with Crippen molar-refractivity contribution < 1.29 is 27.5 Å². The van der Waals surface area contributed by atoms with Crippen molar-refractivity contribution in [2.45, 2.75) is 19.8 Å². The van der Waals surface area contributed by atoms with Gasteiger partial charge in [-0.15, -0.1) is 18.3 Å². The van der Waals surface area contributed by atoms with Crippen molar-refractivity contribution in [2.75, 3.05) is 10.6 Å². The van der Waals surface area contributed by atoms with Gasteiger partial charge in [0.15, 0.2) is 0 Å².